The van der Waals surface area contributed by atoms with Gasteiger partial charge >= 0.3 is 0 Å². The van der Waals surface area contributed by atoms with E-state index in [0.717, 1.165) is 25.0 Å². The predicted octanol–water partition coefficient (Wildman–Crippen LogP) is 7.24. The number of benzene rings is 2. The van der Waals surface area contributed by atoms with E-state index in [1.165, 1.54) is 39.5 Å². The van der Waals surface area contributed by atoms with Crippen molar-refractivity contribution in [2.45, 2.75) is 97.6 Å². The Balaban J connectivity index is 2.45. The van der Waals surface area contributed by atoms with Crippen LogP contribution in [-0.4, -0.2) is 15.2 Å². The van der Waals surface area contributed by atoms with Gasteiger partial charge in [-0.1, -0.05) is 110 Å². The second-order valence-electron chi connectivity index (χ2n) is 10.9. The molecular formula is C30H44OSi. The molecule has 0 saturated carbocycles. The number of hydrogen-bond donors (Lipinski definition) is 0. The summed E-state index contributed by atoms with van der Waals surface area (Å²) < 4.78 is 6.33. The topological polar surface area (TPSA) is 9.23 Å². The van der Waals surface area contributed by atoms with Crippen LogP contribution in [0.15, 0.2) is 36.4 Å². The molecule has 32 heavy (non-hydrogen) atoms. The van der Waals surface area contributed by atoms with Crippen molar-refractivity contribution in [1.82, 2.24) is 0 Å². The first-order valence-corrected chi connectivity index (χ1v) is 15.1. The Morgan fingerprint density at radius 3 is 2.09 bits per heavy atom. The maximum Gasteiger partial charge on any atom is 0.123 e. The van der Waals surface area contributed by atoms with Crippen molar-refractivity contribution in [2.75, 3.05) is 7.11 Å². The van der Waals surface area contributed by atoms with Crippen molar-refractivity contribution in [1.29, 1.82) is 0 Å². The minimum atomic E-state index is -2.04. The Labute approximate surface area is 198 Å². The molecule has 0 aromatic heterocycles. The third-order valence-corrected chi connectivity index (χ3v) is 13.9. The highest BCUT2D eigenvalue weighted by Crippen LogP contribution is 2.39. The van der Waals surface area contributed by atoms with Gasteiger partial charge in [-0.05, 0) is 62.7 Å². The fourth-order valence-corrected chi connectivity index (χ4v) is 9.95. The van der Waals surface area contributed by atoms with Crippen LogP contribution in [0.4, 0.5) is 0 Å². The zero-order valence-corrected chi connectivity index (χ0v) is 23.0. The van der Waals surface area contributed by atoms with Crippen molar-refractivity contribution in [3.8, 4) is 5.75 Å². The summed E-state index contributed by atoms with van der Waals surface area (Å²) in [5.41, 5.74) is 6.04. The van der Waals surface area contributed by atoms with E-state index in [0.29, 0.717) is 0 Å². The van der Waals surface area contributed by atoms with Gasteiger partial charge in [-0.15, -0.1) is 0 Å². The van der Waals surface area contributed by atoms with E-state index in [1.54, 1.807) is 5.19 Å². The second-order valence-corrected chi connectivity index (χ2v) is 15.5. The van der Waals surface area contributed by atoms with E-state index < -0.39 is 8.07 Å². The Bertz CT molecular complexity index is 992. The van der Waals surface area contributed by atoms with Crippen molar-refractivity contribution >= 4 is 24.5 Å². The zero-order chi connectivity index (χ0) is 23.7. The first-order chi connectivity index (χ1) is 15.1. The molecule has 0 N–H and O–H groups in total. The minimum Gasteiger partial charge on any atom is -0.497 e. The summed E-state index contributed by atoms with van der Waals surface area (Å²) in [6.45, 7) is 19.0. The van der Waals surface area contributed by atoms with Crippen molar-refractivity contribution in [2.24, 2.45) is 0 Å². The quantitative estimate of drug-likeness (QED) is 0.367. The van der Waals surface area contributed by atoms with Crippen LogP contribution in [0.2, 0.25) is 12.1 Å². The molecule has 0 unspecified atom stereocenters. The highest BCUT2D eigenvalue weighted by atomic mass is 28.3. The monoisotopic (exact) mass is 448 g/mol. The summed E-state index contributed by atoms with van der Waals surface area (Å²) in [4.78, 5) is 0. The van der Waals surface area contributed by atoms with E-state index in [-0.39, 0.29) is 10.8 Å². The standard InChI is InChI=1S/C30H44OSi/c1-10-29(5,6)23-20-25(30(7,8)11-2)28(31-9)27(21-23)32(12-3,13-4)26-19-15-17-22-16-14-18-24(22)26/h14-15,17-21H,10-13,16H2,1-9H3. The number of methoxy groups -OCH3 is 1. The first kappa shape index (κ1) is 24.8. The van der Waals surface area contributed by atoms with Crippen molar-refractivity contribution < 1.29 is 4.74 Å². The van der Waals surface area contributed by atoms with Crippen LogP contribution in [0.5, 0.6) is 5.75 Å². The van der Waals surface area contributed by atoms with Gasteiger partial charge in [0, 0.05) is 0 Å². The molecule has 1 aliphatic carbocycles. The molecule has 0 bridgehead atoms. The number of allylic oxidation sites excluding steroid dienone is 1. The molecular weight excluding hydrogens is 404 g/mol. The number of hydrogen-bond acceptors (Lipinski definition) is 1. The van der Waals surface area contributed by atoms with Crippen LogP contribution in [-0.2, 0) is 17.3 Å². The molecule has 2 heteroatoms. The van der Waals surface area contributed by atoms with E-state index in [4.69, 9.17) is 4.74 Å². The largest absolute Gasteiger partial charge is 0.497 e. The smallest absolute Gasteiger partial charge is 0.123 e. The molecule has 2 aromatic rings. The lowest BCUT2D eigenvalue weighted by Crippen LogP contribution is -2.59. The highest BCUT2D eigenvalue weighted by Gasteiger charge is 2.41. The number of ether oxygens (including phenoxy) is 1. The Morgan fingerprint density at radius 2 is 1.53 bits per heavy atom. The maximum absolute atomic E-state index is 6.33. The van der Waals surface area contributed by atoms with Crippen molar-refractivity contribution in [3.05, 3.63) is 58.7 Å². The van der Waals surface area contributed by atoms with Gasteiger partial charge in [-0.3, -0.25) is 0 Å². The van der Waals surface area contributed by atoms with Crippen molar-refractivity contribution in [3.63, 3.8) is 0 Å². The van der Waals surface area contributed by atoms with Gasteiger partial charge in [0.05, 0.1) is 7.11 Å². The minimum absolute atomic E-state index is 0.0695. The van der Waals surface area contributed by atoms with Gasteiger partial charge in [0.1, 0.15) is 13.8 Å². The first-order valence-electron chi connectivity index (χ1n) is 12.6. The fraction of sp³-hybridized carbons (Fsp3) is 0.533. The molecule has 1 aliphatic rings. The van der Waals surface area contributed by atoms with Gasteiger partial charge in [0.25, 0.3) is 0 Å². The molecule has 0 aliphatic heterocycles. The van der Waals surface area contributed by atoms with Crippen LogP contribution >= 0.6 is 0 Å². The number of fused-ring (bicyclic) bond motifs is 1. The summed E-state index contributed by atoms with van der Waals surface area (Å²) in [7, 11) is -0.153. The Hall–Kier alpha value is -1.80. The Morgan fingerprint density at radius 1 is 0.875 bits per heavy atom. The molecule has 3 rings (SSSR count). The third kappa shape index (κ3) is 4.00. The van der Waals surface area contributed by atoms with Gasteiger partial charge in [-0.2, -0.15) is 0 Å². The molecule has 2 aromatic carbocycles. The molecule has 0 heterocycles. The van der Waals surface area contributed by atoms with Gasteiger partial charge in [0.2, 0.25) is 0 Å². The molecule has 0 fully saturated rings. The summed E-state index contributed by atoms with van der Waals surface area (Å²) in [6, 6.07) is 14.4. The summed E-state index contributed by atoms with van der Waals surface area (Å²) in [5, 5.41) is 3.10. The van der Waals surface area contributed by atoms with Crippen LogP contribution in [0.25, 0.3) is 6.08 Å². The van der Waals surface area contributed by atoms with E-state index in [9.17, 15) is 0 Å². The van der Waals surface area contributed by atoms with Gasteiger partial charge in [0.15, 0.2) is 0 Å². The molecule has 1 nitrogen and oxygen atoms in total. The summed E-state index contributed by atoms with van der Waals surface area (Å²) in [6.07, 6.45) is 7.99. The molecule has 0 amide bonds. The molecule has 0 radical (unpaired) electrons. The lowest BCUT2D eigenvalue weighted by molar-refractivity contribution is 0.390. The second kappa shape index (κ2) is 9.21. The van der Waals surface area contributed by atoms with Gasteiger partial charge < -0.3 is 4.74 Å². The lowest BCUT2D eigenvalue weighted by Gasteiger charge is -2.38. The Kier molecular flexibility index (Phi) is 7.15. The number of rotatable bonds is 9. The normalized spacial score (nSPS) is 14.0. The predicted molar refractivity (Wildman–Crippen MR) is 145 cm³/mol. The van der Waals surface area contributed by atoms with Gasteiger partial charge in [-0.25, -0.2) is 0 Å². The molecule has 174 valence electrons. The van der Waals surface area contributed by atoms with Crippen LogP contribution < -0.4 is 15.1 Å². The fourth-order valence-electron chi connectivity index (χ4n) is 5.36. The van der Waals surface area contributed by atoms with E-state index in [1.807, 2.05) is 7.11 Å². The SMILES string of the molecule is CCC(C)(C)c1cc(C(C)(C)CC)c(OC)c([Si](CC)(CC)c2cccc3c2C=CC3)c1. The zero-order valence-electron chi connectivity index (χ0n) is 22.0. The summed E-state index contributed by atoms with van der Waals surface area (Å²) >= 11 is 0. The average Bonchev–Trinajstić information content (AvgIpc) is 3.29. The molecule has 0 atom stereocenters. The lowest BCUT2D eigenvalue weighted by atomic mass is 9.76. The van der Waals surface area contributed by atoms with Crippen LogP contribution in [0, 0.1) is 0 Å². The summed E-state index contributed by atoms with van der Waals surface area (Å²) in [5.74, 6) is 1.16. The highest BCUT2D eigenvalue weighted by molar-refractivity contribution is 7.03. The molecule has 0 saturated heterocycles. The maximum atomic E-state index is 6.33. The van der Waals surface area contributed by atoms with E-state index in [2.05, 4.69) is 97.9 Å². The van der Waals surface area contributed by atoms with Crippen LogP contribution in [0.1, 0.15) is 90.5 Å². The average molecular weight is 449 g/mol. The van der Waals surface area contributed by atoms with Crippen LogP contribution in [0.3, 0.4) is 0 Å². The molecule has 0 spiro atoms. The van der Waals surface area contributed by atoms with E-state index >= 15 is 0 Å². The third-order valence-electron chi connectivity index (χ3n) is 8.63.